The largest absolute Gasteiger partial charge is 0.491 e. The number of ether oxygens (including phenoxy) is 1. The third-order valence-corrected chi connectivity index (χ3v) is 3.58. The van der Waals surface area contributed by atoms with Crippen LogP contribution in [0.2, 0.25) is 0 Å². The van der Waals surface area contributed by atoms with Crippen molar-refractivity contribution in [1.82, 2.24) is 9.78 Å². The van der Waals surface area contributed by atoms with Crippen LogP contribution in [0.3, 0.4) is 0 Å². The van der Waals surface area contributed by atoms with Crippen LogP contribution in [0.15, 0.2) is 54.7 Å². The number of hydrogen-bond donors (Lipinski definition) is 2. The zero-order chi connectivity index (χ0) is 17.8. The standard InChI is InChI=1S/C18H16FN3O3/c19-13-4-6-14(7-5-13)22-18(20)16(11-21-22)17(24)12-2-1-3-15(10-12)25-9-8-23/h1-7,10-11,23H,8-9,20H2. The fourth-order valence-electron chi connectivity index (χ4n) is 2.37. The van der Waals surface area contributed by atoms with Crippen LogP contribution < -0.4 is 10.5 Å². The maximum absolute atomic E-state index is 13.0. The SMILES string of the molecule is Nc1c(C(=O)c2cccc(OCCO)c2)cnn1-c1ccc(F)cc1. The number of nitrogens with two attached hydrogens (primary N) is 1. The van der Waals surface area contributed by atoms with Gasteiger partial charge in [-0.2, -0.15) is 5.10 Å². The van der Waals surface area contributed by atoms with Gasteiger partial charge in [-0.3, -0.25) is 4.79 Å². The molecular formula is C18H16FN3O3. The van der Waals surface area contributed by atoms with Crippen LogP contribution in [0.4, 0.5) is 10.2 Å². The number of aliphatic hydroxyl groups excluding tert-OH is 1. The Hall–Kier alpha value is -3.19. The van der Waals surface area contributed by atoms with Crippen LogP contribution in [0.25, 0.3) is 5.69 Å². The number of aliphatic hydroxyl groups is 1. The molecule has 0 aliphatic heterocycles. The number of rotatable bonds is 6. The lowest BCUT2D eigenvalue weighted by atomic mass is 10.1. The number of halogens is 1. The Bertz CT molecular complexity index is 891. The summed E-state index contributed by atoms with van der Waals surface area (Å²) in [5.41, 5.74) is 7.23. The van der Waals surface area contributed by atoms with Gasteiger partial charge >= 0.3 is 0 Å². The molecule has 0 aliphatic carbocycles. The molecular weight excluding hydrogens is 325 g/mol. The van der Waals surface area contributed by atoms with E-state index >= 15 is 0 Å². The zero-order valence-corrected chi connectivity index (χ0v) is 13.2. The lowest BCUT2D eigenvalue weighted by molar-refractivity contribution is 0.103. The van der Waals surface area contributed by atoms with Crippen LogP contribution in [0.1, 0.15) is 15.9 Å². The number of benzene rings is 2. The molecule has 3 aromatic rings. The first-order valence-corrected chi connectivity index (χ1v) is 7.58. The molecule has 0 spiro atoms. The van der Waals surface area contributed by atoms with E-state index in [1.165, 1.54) is 35.1 Å². The third kappa shape index (κ3) is 3.51. The topological polar surface area (TPSA) is 90.4 Å². The second-order valence-corrected chi connectivity index (χ2v) is 5.26. The highest BCUT2D eigenvalue weighted by Gasteiger charge is 2.18. The monoisotopic (exact) mass is 341 g/mol. The van der Waals surface area contributed by atoms with Gasteiger partial charge in [-0.1, -0.05) is 12.1 Å². The van der Waals surface area contributed by atoms with Crippen molar-refractivity contribution in [3.8, 4) is 11.4 Å². The minimum Gasteiger partial charge on any atom is -0.491 e. The fourth-order valence-corrected chi connectivity index (χ4v) is 2.37. The summed E-state index contributed by atoms with van der Waals surface area (Å²) in [5, 5.41) is 12.9. The van der Waals surface area contributed by atoms with E-state index < -0.39 is 0 Å². The highest BCUT2D eigenvalue weighted by Crippen LogP contribution is 2.22. The molecule has 2 aromatic carbocycles. The molecule has 25 heavy (non-hydrogen) atoms. The first kappa shape index (κ1) is 16.7. The van der Waals surface area contributed by atoms with Gasteiger partial charge in [0.25, 0.3) is 0 Å². The van der Waals surface area contributed by atoms with E-state index in [1.54, 1.807) is 24.3 Å². The van der Waals surface area contributed by atoms with E-state index in [0.29, 0.717) is 17.0 Å². The molecule has 0 saturated heterocycles. The quantitative estimate of drug-likeness (QED) is 0.671. The van der Waals surface area contributed by atoms with Crippen molar-refractivity contribution in [3.63, 3.8) is 0 Å². The second kappa shape index (κ2) is 7.14. The number of nitrogens with zero attached hydrogens (tertiary/aromatic N) is 2. The predicted octanol–water partition coefficient (Wildman–Crippen LogP) is 2.20. The van der Waals surface area contributed by atoms with Crippen molar-refractivity contribution in [1.29, 1.82) is 0 Å². The Morgan fingerprint density at radius 3 is 2.72 bits per heavy atom. The first-order chi connectivity index (χ1) is 12.1. The number of carbonyl (C=O) groups excluding carboxylic acids is 1. The van der Waals surface area contributed by atoms with Gasteiger partial charge in [0.2, 0.25) is 0 Å². The smallest absolute Gasteiger partial charge is 0.198 e. The van der Waals surface area contributed by atoms with Gasteiger partial charge < -0.3 is 15.6 Å². The van der Waals surface area contributed by atoms with Crippen molar-refractivity contribution in [3.05, 3.63) is 71.7 Å². The maximum atomic E-state index is 13.0. The summed E-state index contributed by atoms with van der Waals surface area (Å²) in [6, 6.07) is 12.2. The molecule has 0 amide bonds. The summed E-state index contributed by atoms with van der Waals surface area (Å²) < 4.78 is 19.7. The van der Waals surface area contributed by atoms with Gasteiger partial charge in [0.1, 0.15) is 24.0 Å². The molecule has 1 heterocycles. The molecule has 128 valence electrons. The lowest BCUT2D eigenvalue weighted by Gasteiger charge is -2.07. The van der Waals surface area contributed by atoms with Gasteiger partial charge in [-0.05, 0) is 36.4 Å². The summed E-state index contributed by atoms with van der Waals surface area (Å²) in [6.07, 6.45) is 1.38. The molecule has 0 radical (unpaired) electrons. The van der Waals surface area contributed by atoms with Gasteiger partial charge in [0.15, 0.2) is 5.78 Å². The van der Waals surface area contributed by atoms with E-state index in [-0.39, 0.29) is 36.2 Å². The van der Waals surface area contributed by atoms with Gasteiger partial charge in [-0.25, -0.2) is 9.07 Å². The van der Waals surface area contributed by atoms with Crippen LogP contribution in [-0.4, -0.2) is 33.9 Å². The molecule has 0 saturated carbocycles. The molecule has 0 bridgehead atoms. The molecule has 6 nitrogen and oxygen atoms in total. The van der Waals surface area contributed by atoms with E-state index in [1.807, 2.05) is 0 Å². The van der Waals surface area contributed by atoms with Gasteiger partial charge in [0, 0.05) is 5.56 Å². The summed E-state index contributed by atoms with van der Waals surface area (Å²) in [4.78, 5) is 12.7. The summed E-state index contributed by atoms with van der Waals surface area (Å²) in [5.74, 6) is -0.0338. The second-order valence-electron chi connectivity index (χ2n) is 5.26. The Morgan fingerprint density at radius 2 is 2.00 bits per heavy atom. The van der Waals surface area contributed by atoms with Crippen molar-refractivity contribution in [2.45, 2.75) is 0 Å². The molecule has 7 heteroatoms. The number of nitrogen functional groups attached to an aromatic ring is 1. The minimum atomic E-state index is -0.370. The Labute approximate surface area is 143 Å². The van der Waals surface area contributed by atoms with Crippen molar-refractivity contribution in [2.24, 2.45) is 0 Å². The Balaban J connectivity index is 1.89. The minimum absolute atomic E-state index is 0.116. The van der Waals surface area contributed by atoms with E-state index in [2.05, 4.69) is 5.10 Å². The van der Waals surface area contributed by atoms with Crippen molar-refractivity contribution < 1.29 is 19.0 Å². The Morgan fingerprint density at radius 1 is 1.24 bits per heavy atom. The van der Waals surface area contributed by atoms with E-state index in [4.69, 9.17) is 15.6 Å². The van der Waals surface area contributed by atoms with Crippen molar-refractivity contribution in [2.75, 3.05) is 18.9 Å². The molecule has 3 N–H and O–H groups in total. The zero-order valence-electron chi connectivity index (χ0n) is 13.2. The highest BCUT2D eigenvalue weighted by atomic mass is 19.1. The van der Waals surface area contributed by atoms with Crippen LogP contribution in [0.5, 0.6) is 5.75 Å². The average molecular weight is 341 g/mol. The molecule has 0 unspecified atom stereocenters. The molecule has 0 aliphatic rings. The highest BCUT2D eigenvalue weighted by molar-refractivity contribution is 6.11. The predicted molar refractivity (Wildman–Crippen MR) is 90.4 cm³/mol. The lowest BCUT2D eigenvalue weighted by Crippen LogP contribution is -2.08. The van der Waals surface area contributed by atoms with Gasteiger partial charge in [0.05, 0.1) is 24.1 Å². The number of anilines is 1. The van der Waals surface area contributed by atoms with Gasteiger partial charge in [-0.15, -0.1) is 0 Å². The number of ketones is 1. The summed E-state index contributed by atoms with van der Waals surface area (Å²) in [6.45, 7) is 0.0256. The molecule has 0 fully saturated rings. The maximum Gasteiger partial charge on any atom is 0.198 e. The first-order valence-electron chi connectivity index (χ1n) is 7.58. The number of aromatic nitrogens is 2. The summed E-state index contributed by atoms with van der Waals surface area (Å²) in [7, 11) is 0. The van der Waals surface area contributed by atoms with E-state index in [0.717, 1.165) is 0 Å². The van der Waals surface area contributed by atoms with E-state index in [9.17, 15) is 9.18 Å². The Kier molecular flexibility index (Phi) is 4.76. The fraction of sp³-hybridized carbons (Fsp3) is 0.111. The molecule has 1 aromatic heterocycles. The summed E-state index contributed by atoms with van der Waals surface area (Å²) >= 11 is 0. The van der Waals surface area contributed by atoms with Crippen LogP contribution >= 0.6 is 0 Å². The molecule has 3 rings (SSSR count). The van der Waals surface area contributed by atoms with Crippen LogP contribution in [0, 0.1) is 5.82 Å². The molecule has 0 atom stereocenters. The normalized spacial score (nSPS) is 10.6. The third-order valence-electron chi connectivity index (χ3n) is 3.58. The van der Waals surface area contributed by atoms with Crippen molar-refractivity contribution >= 4 is 11.6 Å². The number of carbonyl (C=O) groups is 1. The van der Waals surface area contributed by atoms with Crippen LogP contribution in [-0.2, 0) is 0 Å². The number of hydrogen-bond acceptors (Lipinski definition) is 5. The average Bonchev–Trinajstić information content (AvgIpc) is 3.01.